The molecule has 3 saturated heterocycles. The number of nitrogens with one attached hydrogen (secondary N) is 1. The third-order valence-electron chi connectivity index (χ3n) is 12.7. The number of carbonyl (C=O) groups excluding carboxylic acids is 3. The van der Waals surface area contributed by atoms with Gasteiger partial charge in [0.05, 0.1) is 25.1 Å². The van der Waals surface area contributed by atoms with E-state index < -0.39 is 23.7 Å². The van der Waals surface area contributed by atoms with Crippen molar-refractivity contribution in [2.75, 3.05) is 61.8 Å². The number of nitrogens with zero attached hydrogens (tertiary/aromatic N) is 7. The fourth-order valence-corrected chi connectivity index (χ4v) is 10.2. The molecule has 298 valence electrons. The number of aryl methyl sites for hydroxylation is 1. The summed E-state index contributed by atoms with van der Waals surface area (Å²) < 4.78 is 32.3. The van der Waals surface area contributed by atoms with Gasteiger partial charge in [0.1, 0.15) is 11.6 Å². The number of piperidine rings is 1. The molecule has 0 saturated carbocycles. The molecule has 10 rings (SSSR count). The molecule has 0 bridgehead atoms. The van der Waals surface area contributed by atoms with Crippen molar-refractivity contribution in [2.24, 2.45) is 5.41 Å². The summed E-state index contributed by atoms with van der Waals surface area (Å²) in [5.74, 6) is -1.30. The van der Waals surface area contributed by atoms with Gasteiger partial charge < -0.3 is 25.0 Å². The molecule has 58 heavy (non-hydrogen) atoms. The standard InChI is InChI=1S/C43H43F2N9O3S/c44-34-17-28(16-32-33(34)19-54(41(32)57)39(40(56)49-42-47-11-15-58-42)38-36-2-1-12-51(36)25-48-38)26-3-6-30(7-4-26)52-21-43(22-52)23-53(24-43)37(55)20-50-13-9-27(10-14-50)31-8-5-29(46)18-35(31)45/h3-8,11,15-18,25,27,39H,1-2,9-10,12-14,19-24,46H2,(H,47,49,56). The van der Waals surface area contributed by atoms with Crippen LogP contribution in [0.4, 0.5) is 25.3 Å². The lowest BCUT2D eigenvalue weighted by Crippen LogP contribution is -2.73. The maximum atomic E-state index is 15.9. The second-order valence-corrected chi connectivity index (χ2v) is 17.4. The quantitative estimate of drug-likeness (QED) is 0.182. The van der Waals surface area contributed by atoms with Crippen molar-refractivity contribution in [3.05, 3.63) is 112 Å². The lowest BCUT2D eigenvalue weighted by molar-refractivity contribution is -0.146. The van der Waals surface area contributed by atoms with Crippen LogP contribution in [0.1, 0.15) is 64.1 Å². The number of thiazole rings is 1. The molecule has 3 N–H and O–H groups in total. The van der Waals surface area contributed by atoms with Crippen LogP contribution in [0.5, 0.6) is 0 Å². The lowest BCUT2D eigenvalue weighted by Gasteiger charge is -2.61. The molecule has 12 nitrogen and oxygen atoms in total. The largest absolute Gasteiger partial charge is 0.399 e. The second kappa shape index (κ2) is 14.3. The zero-order chi connectivity index (χ0) is 39.7. The molecule has 1 spiro atoms. The average Bonchev–Trinajstić information content (AvgIpc) is 4.00. The van der Waals surface area contributed by atoms with Crippen LogP contribution >= 0.6 is 11.3 Å². The highest BCUT2D eigenvalue weighted by molar-refractivity contribution is 7.13. The number of hydrogen-bond donors (Lipinski definition) is 2. The Morgan fingerprint density at radius 1 is 0.948 bits per heavy atom. The summed E-state index contributed by atoms with van der Waals surface area (Å²) in [5.41, 5.74) is 11.3. The molecule has 1 atom stereocenters. The monoisotopic (exact) mass is 803 g/mol. The van der Waals surface area contributed by atoms with Gasteiger partial charge in [0, 0.05) is 77.9 Å². The number of nitrogen functional groups attached to an aromatic ring is 1. The summed E-state index contributed by atoms with van der Waals surface area (Å²) in [6.45, 7) is 5.84. The van der Waals surface area contributed by atoms with Gasteiger partial charge in [-0.05, 0) is 97.8 Å². The minimum Gasteiger partial charge on any atom is -0.399 e. The van der Waals surface area contributed by atoms with E-state index >= 15 is 4.39 Å². The van der Waals surface area contributed by atoms with E-state index in [2.05, 4.69) is 25.1 Å². The van der Waals surface area contributed by atoms with E-state index in [-0.39, 0.29) is 40.7 Å². The highest BCUT2D eigenvalue weighted by atomic mass is 32.1. The minimum atomic E-state index is -1.04. The summed E-state index contributed by atoms with van der Waals surface area (Å²) in [4.78, 5) is 57.7. The summed E-state index contributed by atoms with van der Waals surface area (Å²) in [6, 6.07) is 15.0. The van der Waals surface area contributed by atoms with E-state index in [9.17, 15) is 18.8 Å². The van der Waals surface area contributed by atoms with Crippen LogP contribution in [0, 0.1) is 17.0 Å². The van der Waals surface area contributed by atoms with Crippen molar-refractivity contribution in [3.8, 4) is 11.1 Å². The number of amides is 3. The Morgan fingerprint density at radius 2 is 1.74 bits per heavy atom. The first-order valence-corrected chi connectivity index (χ1v) is 20.8. The lowest BCUT2D eigenvalue weighted by atomic mass is 9.72. The summed E-state index contributed by atoms with van der Waals surface area (Å²) in [5, 5.41) is 5.02. The number of aromatic nitrogens is 3. The third-order valence-corrected chi connectivity index (χ3v) is 13.4. The predicted molar refractivity (Wildman–Crippen MR) is 216 cm³/mol. The first-order chi connectivity index (χ1) is 28.1. The molecule has 0 radical (unpaired) electrons. The second-order valence-electron chi connectivity index (χ2n) is 16.5. The van der Waals surface area contributed by atoms with Crippen molar-refractivity contribution < 1.29 is 23.2 Å². The maximum absolute atomic E-state index is 15.9. The van der Waals surface area contributed by atoms with Crippen molar-refractivity contribution in [3.63, 3.8) is 0 Å². The fourth-order valence-electron chi connectivity index (χ4n) is 9.68. The van der Waals surface area contributed by atoms with Crippen LogP contribution in [0.3, 0.4) is 0 Å². The molecular weight excluding hydrogens is 761 g/mol. The molecule has 2 aromatic heterocycles. The molecule has 1 unspecified atom stereocenters. The highest BCUT2D eigenvalue weighted by Crippen LogP contribution is 2.43. The Labute approximate surface area is 338 Å². The number of carbonyl (C=O) groups is 3. The number of benzene rings is 3. The topological polar surface area (TPSA) is 133 Å². The van der Waals surface area contributed by atoms with Crippen LogP contribution in [0.2, 0.25) is 0 Å². The molecule has 15 heteroatoms. The zero-order valence-electron chi connectivity index (χ0n) is 31.9. The molecule has 7 heterocycles. The first kappa shape index (κ1) is 36.7. The predicted octanol–water partition coefficient (Wildman–Crippen LogP) is 5.68. The summed E-state index contributed by atoms with van der Waals surface area (Å²) in [6.07, 6.45) is 6.60. The molecule has 0 aliphatic carbocycles. The average molecular weight is 804 g/mol. The number of fused-ring (bicyclic) bond motifs is 2. The minimum absolute atomic E-state index is 0.0481. The van der Waals surface area contributed by atoms with Gasteiger partial charge >= 0.3 is 0 Å². The van der Waals surface area contributed by atoms with Crippen molar-refractivity contribution >= 4 is 45.6 Å². The fraction of sp³-hybridized carbons (Fsp3) is 0.372. The van der Waals surface area contributed by atoms with Crippen molar-refractivity contribution in [1.82, 2.24) is 29.2 Å². The number of anilines is 3. The van der Waals surface area contributed by atoms with Gasteiger partial charge in [0.25, 0.3) is 11.8 Å². The van der Waals surface area contributed by atoms with Gasteiger partial charge in [-0.2, -0.15) is 0 Å². The molecule has 3 aromatic carbocycles. The molecule has 5 aromatic rings. The van der Waals surface area contributed by atoms with Gasteiger partial charge in [-0.15, -0.1) is 11.3 Å². The smallest absolute Gasteiger partial charge is 0.255 e. The van der Waals surface area contributed by atoms with E-state index in [1.807, 2.05) is 33.7 Å². The van der Waals surface area contributed by atoms with E-state index in [1.54, 1.807) is 36.1 Å². The van der Waals surface area contributed by atoms with Gasteiger partial charge in [-0.1, -0.05) is 18.2 Å². The Hall–Kier alpha value is -5.67. The Bertz CT molecular complexity index is 2420. The van der Waals surface area contributed by atoms with E-state index in [0.29, 0.717) is 34.2 Å². The molecule has 5 aliphatic heterocycles. The third kappa shape index (κ3) is 6.49. The van der Waals surface area contributed by atoms with E-state index in [0.717, 1.165) is 88.4 Å². The van der Waals surface area contributed by atoms with Crippen LogP contribution in [0.15, 0.2) is 72.5 Å². The van der Waals surface area contributed by atoms with Crippen LogP contribution in [-0.2, 0) is 29.1 Å². The molecular formula is C43H43F2N9O3S. The van der Waals surface area contributed by atoms with Crippen molar-refractivity contribution in [1.29, 1.82) is 0 Å². The maximum Gasteiger partial charge on any atom is 0.255 e. The van der Waals surface area contributed by atoms with Gasteiger partial charge in [0.15, 0.2) is 11.2 Å². The Kier molecular flexibility index (Phi) is 9.04. The Balaban J connectivity index is 0.756. The first-order valence-electron chi connectivity index (χ1n) is 19.9. The number of nitrogens with two attached hydrogens (primary N) is 1. The normalized spacial score (nSPS) is 19.2. The van der Waals surface area contributed by atoms with Crippen LogP contribution in [-0.4, -0.2) is 92.8 Å². The van der Waals surface area contributed by atoms with E-state index in [1.165, 1.54) is 28.4 Å². The number of hydrogen-bond acceptors (Lipinski definition) is 9. The molecule has 3 fully saturated rings. The van der Waals surface area contributed by atoms with E-state index in [4.69, 9.17) is 5.73 Å². The van der Waals surface area contributed by atoms with Crippen LogP contribution < -0.4 is 16.0 Å². The van der Waals surface area contributed by atoms with Gasteiger partial charge in [-0.3, -0.25) is 24.6 Å². The number of likely N-dealkylation sites (tertiary alicyclic amines) is 2. The zero-order valence-corrected chi connectivity index (χ0v) is 32.7. The van der Waals surface area contributed by atoms with Crippen LogP contribution in [0.25, 0.3) is 11.1 Å². The number of rotatable bonds is 9. The number of halogens is 2. The summed E-state index contributed by atoms with van der Waals surface area (Å²) >= 11 is 1.28. The SMILES string of the molecule is Nc1ccc(C2CCN(CC(=O)N3CC4(C3)CN(c3ccc(-c5cc(F)c6c(c5)C(=O)N(C(C(=O)Nc5nccs5)c5ncn7c5CCC7)C6)cc3)C4)CC2)c(F)c1. The summed E-state index contributed by atoms with van der Waals surface area (Å²) in [7, 11) is 0. The molecule has 3 amide bonds. The van der Waals surface area contributed by atoms with Crippen molar-refractivity contribution in [2.45, 2.75) is 50.7 Å². The number of imidazole rings is 1. The molecule has 5 aliphatic rings. The van der Waals surface area contributed by atoms with Gasteiger partial charge in [0.2, 0.25) is 5.91 Å². The van der Waals surface area contributed by atoms with Gasteiger partial charge in [-0.25, -0.2) is 18.7 Å². The Morgan fingerprint density at radius 3 is 2.48 bits per heavy atom. The highest BCUT2D eigenvalue weighted by Gasteiger charge is 2.53.